The Morgan fingerprint density at radius 1 is 1.05 bits per heavy atom. The topological polar surface area (TPSA) is 202 Å². The zero-order chi connectivity index (χ0) is 39.2. The standard InChI is InChI=1S/C39H39N5O11/c1-22(2)43(23(3)46)13-12-26-27-6-4-5-7-31(27)42-35-29(26)18-44-32(35)16-28-30(37(44)49)20-53-38(50)36(28)55-39(51)54-19-24-8-10-25(11-9-24)41-33(47)17-40-34(48)21-52-15-14-45/h4-11,14,16,22,36H,12-13,15,17-21H2,1-3H3,(H,40,48)(H,41,47). The molecule has 4 aromatic rings. The van der Waals surface area contributed by atoms with E-state index in [0.717, 1.165) is 16.5 Å². The van der Waals surface area contributed by atoms with Crippen LogP contribution < -0.4 is 16.2 Å². The smallest absolute Gasteiger partial charge is 0.458 e. The fraction of sp³-hybridized carbons (Fsp3) is 0.333. The Morgan fingerprint density at radius 3 is 2.55 bits per heavy atom. The Kier molecular flexibility index (Phi) is 11.6. The third kappa shape index (κ3) is 8.54. The molecule has 0 saturated heterocycles. The van der Waals surface area contributed by atoms with Crippen molar-refractivity contribution in [3.05, 3.63) is 92.8 Å². The Bertz CT molecular complexity index is 2230. The highest BCUT2D eigenvalue weighted by Gasteiger charge is 2.38. The number of nitrogens with one attached hydrogen (secondary N) is 2. The lowest BCUT2D eigenvalue weighted by molar-refractivity contribution is -0.159. The molecule has 16 heteroatoms. The highest BCUT2D eigenvalue weighted by molar-refractivity contribution is 5.94. The molecule has 3 amide bonds. The predicted octanol–water partition coefficient (Wildman–Crippen LogP) is 2.95. The van der Waals surface area contributed by atoms with Crippen LogP contribution in [0.3, 0.4) is 0 Å². The molecule has 0 bridgehead atoms. The maximum atomic E-state index is 13.9. The van der Waals surface area contributed by atoms with Crippen molar-refractivity contribution in [2.45, 2.75) is 59.1 Å². The minimum absolute atomic E-state index is 0.00284. The van der Waals surface area contributed by atoms with Gasteiger partial charge in [-0.2, -0.15) is 0 Å². The monoisotopic (exact) mass is 753 g/mol. The fourth-order valence-corrected chi connectivity index (χ4v) is 6.65. The number of esters is 1. The Hall–Kier alpha value is -6.42. The number of aromatic nitrogens is 2. The van der Waals surface area contributed by atoms with E-state index in [4.69, 9.17) is 23.9 Å². The van der Waals surface area contributed by atoms with Crippen molar-refractivity contribution >= 4 is 52.7 Å². The molecule has 2 aliphatic rings. The number of pyridine rings is 2. The van der Waals surface area contributed by atoms with Crippen LogP contribution in [-0.4, -0.2) is 82.9 Å². The number of benzene rings is 2. The first-order valence-electron chi connectivity index (χ1n) is 17.6. The van der Waals surface area contributed by atoms with Gasteiger partial charge in [0.2, 0.25) is 23.8 Å². The molecule has 16 nitrogen and oxygen atoms in total. The van der Waals surface area contributed by atoms with Gasteiger partial charge in [-0.3, -0.25) is 19.2 Å². The zero-order valence-electron chi connectivity index (χ0n) is 30.4. The van der Waals surface area contributed by atoms with Gasteiger partial charge in [-0.05, 0) is 55.7 Å². The van der Waals surface area contributed by atoms with Crippen LogP contribution in [0, 0.1) is 0 Å². The molecule has 286 valence electrons. The Morgan fingerprint density at radius 2 is 1.82 bits per heavy atom. The van der Waals surface area contributed by atoms with Crippen LogP contribution in [0.15, 0.2) is 59.4 Å². The van der Waals surface area contributed by atoms with Crippen molar-refractivity contribution in [1.82, 2.24) is 19.8 Å². The van der Waals surface area contributed by atoms with Crippen LogP contribution in [0.4, 0.5) is 10.5 Å². The van der Waals surface area contributed by atoms with E-state index in [9.17, 15) is 33.6 Å². The van der Waals surface area contributed by atoms with Gasteiger partial charge in [0.25, 0.3) is 5.56 Å². The van der Waals surface area contributed by atoms with Crippen LogP contribution in [0.25, 0.3) is 22.3 Å². The van der Waals surface area contributed by atoms with Gasteiger partial charge < -0.3 is 43.8 Å². The summed E-state index contributed by atoms with van der Waals surface area (Å²) in [5.41, 5.74) is 4.44. The summed E-state index contributed by atoms with van der Waals surface area (Å²) in [7, 11) is 0. The number of amides is 3. The first-order chi connectivity index (χ1) is 26.4. The lowest BCUT2D eigenvalue weighted by Gasteiger charge is -2.26. The fourth-order valence-electron chi connectivity index (χ4n) is 6.65. The van der Waals surface area contributed by atoms with Gasteiger partial charge in [0, 0.05) is 41.7 Å². The first-order valence-corrected chi connectivity index (χ1v) is 17.6. The predicted molar refractivity (Wildman–Crippen MR) is 196 cm³/mol. The second-order valence-corrected chi connectivity index (χ2v) is 13.2. The third-order valence-electron chi connectivity index (χ3n) is 9.26. The number of aldehydes is 1. The van der Waals surface area contributed by atoms with E-state index in [0.29, 0.717) is 47.4 Å². The van der Waals surface area contributed by atoms with Crippen LogP contribution in [0.2, 0.25) is 0 Å². The second kappa shape index (κ2) is 16.7. The van der Waals surface area contributed by atoms with Crippen molar-refractivity contribution in [1.29, 1.82) is 0 Å². The number of hydrogen-bond acceptors (Lipinski definition) is 12. The number of ether oxygens (including phenoxy) is 4. The normalized spacial score (nSPS) is 14.0. The number of fused-ring (bicyclic) bond motifs is 5. The van der Waals surface area contributed by atoms with E-state index in [1.54, 1.807) is 46.7 Å². The van der Waals surface area contributed by atoms with Crippen LogP contribution in [-0.2, 0) is 69.1 Å². The van der Waals surface area contributed by atoms with E-state index >= 15 is 0 Å². The molecule has 2 aliphatic heterocycles. The van der Waals surface area contributed by atoms with Gasteiger partial charge in [0.1, 0.15) is 32.7 Å². The van der Waals surface area contributed by atoms with Crippen molar-refractivity contribution in [2.24, 2.45) is 0 Å². The van der Waals surface area contributed by atoms with E-state index in [2.05, 4.69) is 10.6 Å². The summed E-state index contributed by atoms with van der Waals surface area (Å²) in [6.07, 6.45) is -1.70. The summed E-state index contributed by atoms with van der Waals surface area (Å²) < 4.78 is 22.4. The molecular formula is C39H39N5O11. The number of carbonyl (C=O) groups excluding carboxylic acids is 6. The zero-order valence-corrected chi connectivity index (χ0v) is 30.4. The molecule has 6 rings (SSSR count). The molecule has 0 spiro atoms. The van der Waals surface area contributed by atoms with Crippen molar-refractivity contribution in [3.63, 3.8) is 0 Å². The minimum Gasteiger partial charge on any atom is -0.458 e. The lowest BCUT2D eigenvalue weighted by atomic mass is 9.96. The van der Waals surface area contributed by atoms with E-state index in [1.807, 2.05) is 38.1 Å². The van der Waals surface area contributed by atoms with Crippen molar-refractivity contribution < 1.29 is 47.7 Å². The molecule has 1 unspecified atom stereocenters. The minimum atomic E-state index is -1.57. The third-order valence-corrected chi connectivity index (χ3v) is 9.26. The molecule has 0 fully saturated rings. The SMILES string of the molecule is CC(=O)N(CCc1c2c(nc3ccccc13)-c1cc3c(c(=O)n1C2)COC(=O)C3OC(=O)OCc1ccc(NC(=O)CNC(=O)COCC=O)cc1)C(C)C. The van der Waals surface area contributed by atoms with E-state index in [-0.39, 0.29) is 62.6 Å². The highest BCUT2D eigenvalue weighted by Crippen LogP contribution is 2.39. The van der Waals surface area contributed by atoms with Crippen molar-refractivity contribution in [2.75, 3.05) is 31.6 Å². The molecule has 0 radical (unpaired) electrons. The van der Waals surface area contributed by atoms with Crippen LogP contribution in [0.1, 0.15) is 54.7 Å². The van der Waals surface area contributed by atoms with E-state index in [1.165, 1.54) is 0 Å². The molecule has 55 heavy (non-hydrogen) atoms. The number of nitrogens with zero attached hydrogens (tertiary/aromatic N) is 3. The van der Waals surface area contributed by atoms with E-state index < -0.39 is 35.6 Å². The van der Waals surface area contributed by atoms with Crippen LogP contribution in [0.5, 0.6) is 0 Å². The summed E-state index contributed by atoms with van der Waals surface area (Å²) in [4.78, 5) is 93.0. The summed E-state index contributed by atoms with van der Waals surface area (Å²) >= 11 is 0. The first kappa shape index (κ1) is 38.3. The summed E-state index contributed by atoms with van der Waals surface area (Å²) in [5, 5.41) is 5.88. The Balaban J connectivity index is 1.15. The summed E-state index contributed by atoms with van der Waals surface area (Å²) in [6, 6.07) is 15.6. The number of para-hydroxylation sites is 1. The summed E-state index contributed by atoms with van der Waals surface area (Å²) in [6.45, 7) is 4.72. The maximum Gasteiger partial charge on any atom is 0.509 e. The number of hydrogen-bond donors (Lipinski definition) is 2. The average Bonchev–Trinajstić information content (AvgIpc) is 3.53. The molecular weight excluding hydrogens is 714 g/mol. The lowest BCUT2D eigenvalue weighted by Crippen LogP contribution is -2.36. The quantitative estimate of drug-likeness (QED) is 0.0956. The Labute approximate surface area is 314 Å². The number of carbonyl (C=O) groups is 6. The second-order valence-electron chi connectivity index (χ2n) is 13.2. The van der Waals surface area contributed by atoms with Crippen LogP contribution >= 0.6 is 0 Å². The van der Waals surface area contributed by atoms with Gasteiger partial charge in [0.05, 0.1) is 35.6 Å². The summed E-state index contributed by atoms with van der Waals surface area (Å²) in [5.74, 6) is -1.95. The molecule has 0 aliphatic carbocycles. The van der Waals surface area contributed by atoms with Gasteiger partial charge in [-0.25, -0.2) is 14.6 Å². The largest absolute Gasteiger partial charge is 0.509 e. The molecule has 2 aromatic carbocycles. The van der Waals surface area contributed by atoms with Gasteiger partial charge in [0.15, 0.2) is 0 Å². The van der Waals surface area contributed by atoms with Gasteiger partial charge in [-0.1, -0.05) is 30.3 Å². The van der Waals surface area contributed by atoms with Gasteiger partial charge >= 0.3 is 12.1 Å². The molecule has 2 N–H and O–H groups in total. The number of cyclic esters (lactones) is 1. The number of rotatable bonds is 14. The maximum absolute atomic E-state index is 13.9. The highest BCUT2D eigenvalue weighted by atomic mass is 16.7. The molecule has 0 saturated carbocycles. The molecule has 1 atom stereocenters. The average molecular weight is 754 g/mol. The van der Waals surface area contributed by atoms with Gasteiger partial charge in [-0.15, -0.1) is 0 Å². The number of anilines is 1. The molecule has 2 aromatic heterocycles. The molecule has 4 heterocycles. The van der Waals surface area contributed by atoms with Crippen molar-refractivity contribution in [3.8, 4) is 11.4 Å².